The van der Waals surface area contributed by atoms with Crippen LogP contribution < -0.4 is 11.1 Å². The molecule has 0 spiro atoms. The van der Waals surface area contributed by atoms with Gasteiger partial charge in [0.05, 0.1) is 24.8 Å². The number of thioether (sulfide) groups is 1. The summed E-state index contributed by atoms with van der Waals surface area (Å²) in [5.41, 5.74) is 10.0. The summed E-state index contributed by atoms with van der Waals surface area (Å²) in [6.07, 6.45) is 5.77. The molecule has 4 rings (SSSR count). The summed E-state index contributed by atoms with van der Waals surface area (Å²) in [7, 11) is 0. The van der Waals surface area contributed by atoms with Crippen LogP contribution >= 0.6 is 11.8 Å². The molecule has 8 nitrogen and oxygen atoms in total. The zero-order chi connectivity index (χ0) is 23.3. The molecule has 33 heavy (non-hydrogen) atoms. The van der Waals surface area contributed by atoms with Crippen molar-refractivity contribution in [2.75, 3.05) is 30.9 Å². The molecule has 0 aliphatic carbocycles. The molecule has 3 aromatic rings. The second kappa shape index (κ2) is 10.8. The van der Waals surface area contributed by atoms with E-state index in [4.69, 9.17) is 19.9 Å². The van der Waals surface area contributed by atoms with Crippen LogP contribution in [-0.4, -0.2) is 51.6 Å². The molecule has 1 saturated heterocycles. The average Bonchev–Trinajstić information content (AvgIpc) is 3.34. The number of rotatable bonds is 11. The fraction of sp³-hybridized carbons (Fsp3) is 0.500. The number of aromatic nitrogens is 3. The van der Waals surface area contributed by atoms with E-state index in [9.17, 15) is 0 Å². The number of benzene rings is 1. The topological polar surface area (TPSA) is 96.5 Å². The fourth-order valence-corrected chi connectivity index (χ4v) is 4.90. The number of nitrogen functional groups attached to an aromatic ring is 1. The Labute approximate surface area is 199 Å². The van der Waals surface area contributed by atoms with Gasteiger partial charge in [0.25, 0.3) is 0 Å². The van der Waals surface area contributed by atoms with Crippen molar-refractivity contribution in [2.24, 2.45) is 5.92 Å². The van der Waals surface area contributed by atoms with E-state index in [2.05, 4.69) is 27.7 Å². The largest absolute Gasteiger partial charge is 0.382 e. The fourth-order valence-electron chi connectivity index (χ4n) is 4.14. The van der Waals surface area contributed by atoms with Crippen LogP contribution in [-0.2, 0) is 34.1 Å². The first-order chi connectivity index (χ1) is 16.0. The summed E-state index contributed by atoms with van der Waals surface area (Å²) < 4.78 is 19.8. The number of fused-ring (bicyclic) bond motifs is 1. The standard InChI is InChI=1S/C24H33N5O3S/c1-24(2)31-13-20(32-24)19(14-33-3)10-26-9-18-11-29(22-21(18)27-15-28-23(22)25)16-30-12-17-7-5-4-6-8-17/h4-8,11,15,19-20,26H,9-10,12-14,16H2,1-3H3,(H2,25,27,28)/t19-,20+/m0/s1. The molecule has 0 radical (unpaired) electrons. The molecular formula is C24H33N5O3S. The third-order valence-electron chi connectivity index (χ3n) is 5.75. The lowest BCUT2D eigenvalue weighted by Gasteiger charge is -2.24. The molecular weight excluding hydrogens is 438 g/mol. The van der Waals surface area contributed by atoms with Crippen molar-refractivity contribution in [1.82, 2.24) is 19.9 Å². The van der Waals surface area contributed by atoms with Crippen LogP contribution in [0.25, 0.3) is 11.0 Å². The van der Waals surface area contributed by atoms with Gasteiger partial charge in [-0.2, -0.15) is 11.8 Å². The SMILES string of the molecule is CSC[C@H](CNCc1cn(COCc2ccccc2)c2c(N)ncnc12)[C@H]1COC(C)(C)O1. The third-order valence-corrected chi connectivity index (χ3v) is 6.52. The highest BCUT2D eigenvalue weighted by Gasteiger charge is 2.37. The van der Waals surface area contributed by atoms with Gasteiger partial charge in [0.2, 0.25) is 0 Å². The summed E-state index contributed by atoms with van der Waals surface area (Å²) in [4.78, 5) is 8.69. The molecule has 2 aromatic heterocycles. The van der Waals surface area contributed by atoms with Gasteiger partial charge in [0, 0.05) is 30.8 Å². The highest BCUT2D eigenvalue weighted by Crippen LogP contribution is 2.28. The number of nitrogens with two attached hydrogens (primary N) is 1. The molecule has 2 atom stereocenters. The monoisotopic (exact) mass is 471 g/mol. The van der Waals surface area contributed by atoms with E-state index in [1.165, 1.54) is 6.33 Å². The van der Waals surface area contributed by atoms with Gasteiger partial charge in [-0.25, -0.2) is 9.97 Å². The lowest BCUT2D eigenvalue weighted by atomic mass is 10.1. The number of hydrogen-bond acceptors (Lipinski definition) is 8. The van der Waals surface area contributed by atoms with Crippen LogP contribution in [0.15, 0.2) is 42.9 Å². The van der Waals surface area contributed by atoms with Gasteiger partial charge >= 0.3 is 0 Å². The summed E-state index contributed by atoms with van der Waals surface area (Å²) in [6, 6.07) is 10.1. The zero-order valence-corrected chi connectivity index (χ0v) is 20.3. The average molecular weight is 472 g/mol. The summed E-state index contributed by atoms with van der Waals surface area (Å²) in [6.45, 7) is 6.95. The summed E-state index contributed by atoms with van der Waals surface area (Å²) in [5.74, 6) is 1.29. The number of anilines is 1. The Morgan fingerprint density at radius 2 is 2.12 bits per heavy atom. The van der Waals surface area contributed by atoms with E-state index in [0.717, 1.165) is 34.5 Å². The maximum atomic E-state index is 6.20. The second-order valence-corrected chi connectivity index (χ2v) is 9.67. The first-order valence-electron chi connectivity index (χ1n) is 11.2. The van der Waals surface area contributed by atoms with Crippen LogP contribution in [0.5, 0.6) is 0 Å². The lowest BCUT2D eigenvalue weighted by Crippen LogP contribution is -2.35. The van der Waals surface area contributed by atoms with Crippen molar-refractivity contribution >= 4 is 28.6 Å². The van der Waals surface area contributed by atoms with Gasteiger partial charge in [-0.05, 0) is 31.4 Å². The molecule has 3 N–H and O–H groups in total. The number of nitrogens with zero attached hydrogens (tertiary/aromatic N) is 3. The molecule has 0 unspecified atom stereocenters. The van der Waals surface area contributed by atoms with Crippen LogP contribution in [0.3, 0.4) is 0 Å². The molecule has 0 saturated carbocycles. The number of ether oxygens (including phenoxy) is 3. The van der Waals surface area contributed by atoms with Crippen molar-refractivity contribution in [3.05, 3.63) is 54.0 Å². The molecule has 9 heteroatoms. The highest BCUT2D eigenvalue weighted by molar-refractivity contribution is 7.98. The minimum Gasteiger partial charge on any atom is -0.382 e. The molecule has 0 amide bonds. The van der Waals surface area contributed by atoms with Crippen LogP contribution in [0.1, 0.15) is 25.0 Å². The number of nitrogens with one attached hydrogen (secondary N) is 1. The maximum absolute atomic E-state index is 6.20. The predicted molar refractivity (Wildman–Crippen MR) is 132 cm³/mol. The van der Waals surface area contributed by atoms with Gasteiger partial charge in [-0.3, -0.25) is 0 Å². The van der Waals surface area contributed by atoms with Crippen LogP contribution in [0.2, 0.25) is 0 Å². The predicted octanol–water partition coefficient (Wildman–Crippen LogP) is 3.41. The quantitative estimate of drug-likeness (QED) is 0.439. The molecule has 1 aromatic carbocycles. The van der Waals surface area contributed by atoms with Crippen molar-refractivity contribution in [2.45, 2.75) is 45.6 Å². The normalized spacial score (nSPS) is 18.7. The Bertz CT molecular complexity index is 1040. The molecule has 1 fully saturated rings. The van der Waals surface area contributed by atoms with E-state index < -0.39 is 5.79 Å². The minimum atomic E-state index is -0.511. The molecule has 1 aliphatic heterocycles. The molecule has 0 bridgehead atoms. The Kier molecular flexibility index (Phi) is 7.87. The van der Waals surface area contributed by atoms with E-state index in [1.54, 1.807) is 0 Å². The minimum absolute atomic E-state index is 0.0886. The van der Waals surface area contributed by atoms with Crippen LogP contribution in [0, 0.1) is 5.92 Å². The first kappa shape index (κ1) is 24.0. The Hall–Kier alpha value is -2.17. The number of hydrogen-bond donors (Lipinski definition) is 2. The van der Waals surface area contributed by atoms with E-state index in [1.807, 2.05) is 60.5 Å². The zero-order valence-electron chi connectivity index (χ0n) is 19.5. The Morgan fingerprint density at radius 1 is 1.30 bits per heavy atom. The van der Waals surface area contributed by atoms with Gasteiger partial charge in [0.1, 0.15) is 18.6 Å². The first-order valence-corrected chi connectivity index (χ1v) is 12.6. The maximum Gasteiger partial charge on any atom is 0.163 e. The van der Waals surface area contributed by atoms with E-state index in [0.29, 0.717) is 38.2 Å². The van der Waals surface area contributed by atoms with Crippen molar-refractivity contribution in [1.29, 1.82) is 0 Å². The van der Waals surface area contributed by atoms with Crippen molar-refractivity contribution in [3.8, 4) is 0 Å². The van der Waals surface area contributed by atoms with Crippen molar-refractivity contribution in [3.63, 3.8) is 0 Å². The lowest BCUT2D eigenvalue weighted by molar-refractivity contribution is -0.143. The van der Waals surface area contributed by atoms with Gasteiger partial charge in [-0.1, -0.05) is 30.3 Å². The molecule has 178 valence electrons. The van der Waals surface area contributed by atoms with Gasteiger partial charge in [0.15, 0.2) is 11.6 Å². The van der Waals surface area contributed by atoms with Crippen molar-refractivity contribution < 1.29 is 14.2 Å². The second-order valence-electron chi connectivity index (χ2n) is 8.76. The van der Waals surface area contributed by atoms with Gasteiger partial charge in [-0.15, -0.1) is 0 Å². The molecule has 1 aliphatic rings. The summed E-state index contributed by atoms with van der Waals surface area (Å²) >= 11 is 1.83. The van der Waals surface area contributed by atoms with Crippen LogP contribution in [0.4, 0.5) is 5.82 Å². The Morgan fingerprint density at radius 3 is 2.85 bits per heavy atom. The van der Waals surface area contributed by atoms with E-state index >= 15 is 0 Å². The highest BCUT2D eigenvalue weighted by atomic mass is 32.2. The smallest absolute Gasteiger partial charge is 0.163 e. The van der Waals surface area contributed by atoms with Gasteiger partial charge < -0.3 is 29.8 Å². The third kappa shape index (κ3) is 6.04. The molecule has 3 heterocycles. The Balaban J connectivity index is 1.41. The van der Waals surface area contributed by atoms with E-state index in [-0.39, 0.29) is 6.10 Å². The summed E-state index contributed by atoms with van der Waals surface area (Å²) in [5, 5.41) is 3.59.